The molecule has 0 bridgehead atoms. The highest BCUT2D eigenvalue weighted by Crippen LogP contribution is 2.23. The molecular weight excluding hydrogens is 232 g/mol. The lowest BCUT2D eigenvalue weighted by molar-refractivity contribution is 1.50. The molecule has 1 aromatic carbocycles. The molecule has 0 aliphatic heterocycles. The monoisotopic (exact) mass is 242 g/mol. The van der Waals surface area contributed by atoms with E-state index in [1.807, 2.05) is 13.8 Å². The lowest BCUT2D eigenvalue weighted by Gasteiger charge is -1.88. The predicted octanol–water partition coefficient (Wildman–Crippen LogP) is 4.69. The Morgan fingerprint density at radius 3 is 2.67 bits per heavy atom. The minimum Gasteiger partial charge on any atom is -0.144 e. The van der Waals surface area contributed by atoms with Gasteiger partial charge in [-0.3, -0.25) is 0 Å². The zero-order chi connectivity index (χ0) is 8.97. The van der Waals surface area contributed by atoms with E-state index in [-0.39, 0.29) is 0 Å². The molecule has 2 heteroatoms. The Balaban J connectivity index is 0.000000336. The fraction of sp³-hybridized carbons (Fsp3) is 0.200. The maximum atomic E-state index is 3.42. The Bertz CT molecular complexity index is 351. The first-order chi connectivity index (χ1) is 5.86. The fourth-order valence-electron chi connectivity index (χ4n) is 0.938. The van der Waals surface area contributed by atoms with Gasteiger partial charge in [-0.2, -0.15) is 0 Å². The molecule has 0 fully saturated rings. The van der Waals surface area contributed by atoms with Crippen LogP contribution in [0.25, 0.3) is 10.1 Å². The van der Waals surface area contributed by atoms with Crippen molar-refractivity contribution in [2.45, 2.75) is 13.8 Å². The van der Waals surface area contributed by atoms with Crippen LogP contribution in [-0.2, 0) is 0 Å². The van der Waals surface area contributed by atoms with E-state index in [1.165, 1.54) is 10.1 Å². The summed E-state index contributed by atoms with van der Waals surface area (Å²) < 4.78 is 2.50. The van der Waals surface area contributed by atoms with E-state index in [2.05, 4.69) is 45.6 Å². The smallest absolute Gasteiger partial charge is 0.0343 e. The molecule has 0 saturated carbocycles. The third kappa shape index (κ3) is 2.08. The van der Waals surface area contributed by atoms with Crippen LogP contribution in [0.5, 0.6) is 0 Å². The highest BCUT2D eigenvalue weighted by molar-refractivity contribution is 9.10. The largest absolute Gasteiger partial charge is 0.144 e. The predicted molar refractivity (Wildman–Crippen MR) is 60.9 cm³/mol. The second-order valence-corrected chi connectivity index (χ2v) is 3.97. The maximum Gasteiger partial charge on any atom is 0.0343 e. The van der Waals surface area contributed by atoms with Gasteiger partial charge in [0.2, 0.25) is 0 Å². The van der Waals surface area contributed by atoms with Crippen LogP contribution >= 0.6 is 27.3 Å². The Morgan fingerprint density at radius 2 is 1.92 bits per heavy atom. The van der Waals surface area contributed by atoms with E-state index < -0.39 is 0 Å². The summed E-state index contributed by atoms with van der Waals surface area (Å²) >= 11 is 5.20. The summed E-state index contributed by atoms with van der Waals surface area (Å²) in [7, 11) is 0. The normalized spacial score (nSPS) is 9.25. The molecule has 2 aromatic rings. The van der Waals surface area contributed by atoms with E-state index in [4.69, 9.17) is 0 Å². The Kier molecular flexibility index (Phi) is 3.76. The molecule has 0 atom stereocenters. The summed E-state index contributed by atoms with van der Waals surface area (Å²) in [5.74, 6) is 0. The molecule has 0 radical (unpaired) electrons. The minimum absolute atomic E-state index is 1.15. The number of hydrogen-bond acceptors (Lipinski definition) is 1. The second kappa shape index (κ2) is 4.63. The fourth-order valence-corrected chi connectivity index (χ4v) is 2.09. The summed E-state index contributed by atoms with van der Waals surface area (Å²) in [6.45, 7) is 4.00. The molecule has 1 heterocycles. The van der Waals surface area contributed by atoms with Crippen LogP contribution in [0.2, 0.25) is 0 Å². The average Bonchev–Trinajstić information content (AvgIpc) is 2.54. The molecule has 1 aromatic heterocycles. The minimum atomic E-state index is 1.15. The SMILES string of the molecule is Brc1ccc2sccc2c1.CC. The van der Waals surface area contributed by atoms with Crippen LogP contribution in [0, 0.1) is 0 Å². The molecule has 64 valence electrons. The first-order valence-corrected chi connectivity index (χ1v) is 5.66. The van der Waals surface area contributed by atoms with Crippen molar-refractivity contribution < 1.29 is 0 Å². The average molecular weight is 243 g/mol. The number of benzene rings is 1. The van der Waals surface area contributed by atoms with Crippen LogP contribution in [0.3, 0.4) is 0 Å². The van der Waals surface area contributed by atoms with Gasteiger partial charge in [0.1, 0.15) is 0 Å². The highest BCUT2D eigenvalue weighted by atomic mass is 79.9. The van der Waals surface area contributed by atoms with Crippen molar-refractivity contribution in [3.05, 3.63) is 34.1 Å². The van der Waals surface area contributed by atoms with Crippen molar-refractivity contribution in [3.8, 4) is 0 Å². The summed E-state index contributed by atoms with van der Waals surface area (Å²) in [6, 6.07) is 8.46. The van der Waals surface area contributed by atoms with Gasteiger partial charge in [0.05, 0.1) is 0 Å². The van der Waals surface area contributed by atoms with Crippen LogP contribution in [0.1, 0.15) is 13.8 Å². The number of rotatable bonds is 0. The topological polar surface area (TPSA) is 0 Å². The van der Waals surface area contributed by atoms with Gasteiger partial charge in [-0.25, -0.2) is 0 Å². The lowest BCUT2D eigenvalue weighted by Crippen LogP contribution is -1.61. The summed E-state index contributed by atoms with van der Waals surface area (Å²) in [4.78, 5) is 0. The van der Waals surface area contributed by atoms with Gasteiger partial charge in [0.25, 0.3) is 0 Å². The molecule has 0 amide bonds. The highest BCUT2D eigenvalue weighted by Gasteiger charge is 1.92. The molecule has 0 aliphatic carbocycles. The van der Waals surface area contributed by atoms with Crippen LogP contribution in [0.4, 0.5) is 0 Å². The van der Waals surface area contributed by atoms with Gasteiger partial charge in [0, 0.05) is 9.17 Å². The van der Waals surface area contributed by atoms with E-state index >= 15 is 0 Å². The molecule has 0 saturated heterocycles. The number of fused-ring (bicyclic) bond motifs is 1. The first-order valence-electron chi connectivity index (χ1n) is 3.99. The quantitative estimate of drug-likeness (QED) is 0.629. The van der Waals surface area contributed by atoms with Crippen LogP contribution in [0.15, 0.2) is 34.1 Å². The standard InChI is InChI=1S/C8H5BrS.C2H6/c9-7-1-2-8-6(5-7)3-4-10-8;1-2/h1-5H;1-2H3. The first kappa shape index (κ1) is 9.75. The van der Waals surface area contributed by atoms with Gasteiger partial charge in [0.15, 0.2) is 0 Å². The van der Waals surface area contributed by atoms with Gasteiger partial charge >= 0.3 is 0 Å². The van der Waals surface area contributed by atoms with Gasteiger partial charge < -0.3 is 0 Å². The zero-order valence-electron chi connectivity index (χ0n) is 7.17. The maximum absolute atomic E-state index is 3.42. The lowest BCUT2D eigenvalue weighted by atomic mass is 10.3. The Hall–Kier alpha value is -0.340. The van der Waals surface area contributed by atoms with E-state index in [9.17, 15) is 0 Å². The summed E-state index contributed by atoms with van der Waals surface area (Å²) in [6.07, 6.45) is 0. The molecule has 12 heavy (non-hydrogen) atoms. The summed E-state index contributed by atoms with van der Waals surface area (Å²) in [5.41, 5.74) is 0. The molecule has 0 unspecified atom stereocenters. The van der Waals surface area contributed by atoms with Crippen molar-refractivity contribution in [2.24, 2.45) is 0 Å². The van der Waals surface area contributed by atoms with E-state index in [1.54, 1.807) is 11.3 Å². The molecular formula is C10H11BrS. The second-order valence-electron chi connectivity index (χ2n) is 2.10. The van der Waals surface area contributed by atoms with Crippen LogP contribution in [-0.4, -0.2) is 0 Å². The zero-order valence-corrected chi connectivity index (χ0v) is 9.58. The number of halogens is 1. The van der Waals surface area contributed by atoms with E-state index in [0.29, 0.717) is 0 Å². The Labute approximate surface area is 85.4 Å². The van der Waals surface area contributed by atoms with Crippen molar-refractivity contribution in [1.82, 2.24) is 0 Å². The van der Waals surface area contributed by atoms with Gasteiger partial charge in [-0.1, -0.05) is 29.8 Å². The third-order valence-corrected chi connectivity index (χ3v) is 2.81. The summed E-state index contributed by atoms with van der Waals surface area (Å²) in [5, 5.41) is 3.43. The van der Waals surface area contributed by atoms with Gasteiger partial charge in [-0.05, 0) is 35.0 Å². The Morgan fingerprint density at radius 1 is 1.17 bits per heavy atom. The van der Waals surface area contributed by atoms with Crippen LogP contribution < -0.4 is 0 Å². The van der Waals surface area contributed by atoms with Crippen molar-refractivity contribution >= 4 is 37.4 Å². The van der Waals surface area contributed by atoms with Gasteiger partial charge in [-0.15, -0.1) is 11.3 Å². The molecule has 0 nitrogen and oxygen atoms in total. The van der Waals surface area contributed by atoms with E-state index in [0.717, 1.165) is 4.47 Å². The molecule has 0 spiro atoms. The van der Waals surface area contributed by atoms with Crippen molar-refractivity contribution in [2.75, 3.05) is 0 Å². The van der Waals surface area contributed by atoms with Crippen molar-refractivity contribution in [3.63, 3.8) is 0 Å². The number of thiophene rings is 1. The number of hydrogen-bond donors (Lipinski definition) is 0. The third-order valence-electron chi connectivity index (χ3n) is 1.41. The molecule has 2 rings (SSSR count). The molecule has 0 N–H and O–H groups in total. The van der Waals surface area contributed by atoms with Crippen molar-refractivity contribution in [1.29, 1.82) is 0 Å². The molecule has 0 aliphatic rings.